The highest BCUT2D eigenvalue weighted by molar-refractivity contribution is 7.80. The van der Waals surface area contributed by atoms with E-state index in [1.54, 1.807) is 0 Å². The minimum absolute atomic E-state index is 0.0337. The Labute approximate surface area is 162 Å². The molecule has 0 spiro atoms. The molecule has 0 fully saturated rings. The topological polar surface area (TPSA) is 41.1 Å². The van der Waals surface area contributed by atoms with Crippen molar-refractivity contribution in [2.75, 3.05) is 5.32 Å². The van der Waals surface area contributed by atoms with Crippen LogP contribution in [-0.4, -0.2) is 11.0 Å². The number of benzene rings is 2. The second-order valence-corrected chi connectivity index (χ2v) is 6.82. The maximum atomic E-state index is 12.1. The summed E-state index contributed by atoms with van der Waals surface area (Å²) in [5.41, 5.74) is 0.683. The third kappa shape index (κ3) is 5.11. The van der Waals surface area contributed by atoms with Crippen molar-refractivity contribution in [3.63, 3.8) is 0 Å². The highest BCUT2D eigenvalue weighted by Crippen LogP contribution is 2.32. The standard InChI is InChI=1S/C14H7Cl5N2OS/c15-7-1-6(2-8(16)3-7)13(22)21-14(23)20-12-5-10(18)9(17)4-11(12)19/h1-5H,(H2,20,21,22,23). The molecular formula is C14H7Cl5N2OS. The van der Waals surface area contributed by atoms with Gasteiger partial charge in [0.2, 0.25) is 0 Å². The molecule has 2 N–H and O–H groups in total. The van der Waals surface area contributed by atoms with E-state index >= 15 is 0 Å². The Kier molecular flexibility index (Phi) is 6.37. The quantitative estimate of drug-likeness (QED) is 0.450. The van der Waals surface area contributed by atoms with Gasteiger partial charge in [-0.1, -0.05) is 58.0 Å². The van der Waals surface area contributed by atoms with E-state index in [0.717, 1.165) is 0 Å². The van der Waals surface area contributed by atoms with Crippen LogP contribution in [-0.2, 0) is 0 Å². The molecule has 1 amide bonds. The molecule has 23 heavy (non-hydrogen) atoms. The molecule has 0 bridgehead atoms. The summed E-state index contributed by atoms with van der Waals surface area (Å²) in [5, 5.41) is 6.89. The zero-order valence-electron chi connectivity index (χ0n) is 11.1. The van der Waals surface area contributed by atoms with Gasteiger partial charge in [0.15, 0.2) is 5.11 Å². The summed E-state index contributed by atoms with van der Waals surface area (Å²) in [6.07, 6.45) is 0. The second kappa shape index (κ2) is 7.88. The molecule has 9 heteroatoms. The Morgan fingerprint density at radius 1 is 0.826 bits per heavy atom. The zero-order chi connectivity index (χ0) is 17.1. The van der Waals surface area contributed by atoms with E-state index in [1.807, 2.05) is 0 Å². The molecule has 2 rings (SSSR count). The maximum Gasteiger partial charge on any atom is 0.257 e. The Morgan fingerprint density at radius 3 is 2.00 bits per heavy atom. The van der Waals surface area contributed by atoms with E-state index in [2.05, 4.69) is 10.6 Å². The fraction of sp³-hybridized carbons (Fsp3) is 0. The molecule has 0 saturated carbocycles. The molecule has 0 aliphatic heterocycles. The number of halogens is 5. The van der Waals surface area contributed by atoms with Gasteiger partial charge in [0.05, 0.1) is 20.8 Å². The van der Waals surface area contributed by atoms with Crippen LogP contribution in [0.15, 0.2) is 30.3 Å². The largest absolute Gasteiger partial charge is 0.331 e. The molecule has 3 nitrogen and oxygen atoms in total. The van der Waals surface area contributed by atoms with Crippen molar-refractivity contribution < 1.29 is 4.79 Å². The fourth-order valence-corrected chi connectivity index (χ4v) is 2.95. The van der Waals surface area contributed by atoms with Gasteiger partial charge in [0, 0.05) is 15.6 Å². The van der Waals surface area contributed by atoms with Crippen LogP contribution in [0.3, 0.4) is 0 Å². The predicted molar refractivity (Wildman–Crippen MR) is 102 cm³/mol. The van der Waals surface area contributed by atoms with Crippen LogP contribution < -0.4 is 10.6 Å². The number of carbonyl (C=O) groups is 1. The molecule has 0 atom stereocenters. The number of carbonyl (C=O) groups excluding carboxylic acids is 1. The SMILES string of the molecule is O=C(NC(=S)Nc1cc(Cl)c(Cl)cc1Cl)c1cc(Cl)cc(Cl)c1. The highest BCUT2D eigenvalue weighted by atomic mass is 35.5. The molecule has 120 valence electrons. The molecule has 2 aromatic carbocycles. The summed E-state index contributed by atoms with van der Waals surface area (Å²) in [4.78, 5) is 12.1. The number of thiocarbonyl (C=S) groups is 1. The van der Waals surface area contributed by atoms with Gasteiger partial charge >= 0.3 is 0 Å². The maximum absolute atomic E-state index is 12.1. The summed E-state index contributed by atoms with van der Waals surface area (Å²) >= 11 is 34.6. The minimum Gasteiger partial charge on any atom is -0.331 e. The van der Waals surface area contributed by atoms with Crippen molar-refractivity contribution in [3.8, 4) is 0 Å². The van der Waals surface area contributed by atoms with Crippen molar-refractivity contribution in [2.24, 2.45) is 0 Å². The summed E-state index contributed by atoms with van der Waals surface area (Å²) < 4.78 is 0. The lowest BCUT2D eigenvalue weighted by molar-refractivity contribution is 0.0977. The van der Waals surface area contributed by atoms with E-state index in [-0.39, 0.29) is 10.7 Å². The van der Waals surface area contributed by atoms with Gasteiger partial charge in [-0.15, -0.1) is 0 Å². The number of hydrogen-bond donors (Lipinski definition) is 2. The zero-order valence-corrected chi connectivity index (χ0v) is 15.7. The number of rotatable bonds is 2. The molecule has 0 radical (unpaired) electrons. The number of anilines is 1. The molecule has 0 aliphatic rings. The van der Waals surface area contributed by atoms with Crippen LogP contribution in [0, 0.1) is 0 Å². The normalized spacial score (nSPS) is 10.3. The van der Waals surface area contributed by atoms with Crippen LogP contribution in [0.5, 0.6) is 0 Å². The van der Waals surface area contributed by atoms with Crippen molar-refractivity contribution in [2.45, 2.75) is 0 Å². The van der Waals surface area contributed by atoms with Gasteiger partial charge in [-0.25, -0.2) is 0 Å². The minimum atomic E-state index is -0.469. The van der Waals surface area contributed by atoms with Crippen LogP contribution in [0.1, 0.15) is 10.4 Å². The van der Waals surface area contributed by atoms with E-state index in [1.165, 1.54) is 30.3 Å². The monoisotopic (exact) mass is 426 g/mol. The average molecular weight is 429 g/mol. The van der Waals surface area contributed by atoms with Crippen molar-refractivity contribution >= 4 is 86.9 Å². The van der Waals surface area contributed by atoms with Crippen molar-refractivity contribution in [3.05, 3.63) is 61.0 Å². The summed E-state index contributed by atoms with van der Waals surface area (Å²) in [5.74, 6) is -0.469. The first-order chi connectivity index (χ1) is 10.8. The number of hydrogen-bond acceptors (Lipinski definition) is 2. The van der Waals surface area contributed by atoms with Gasteiger partial charge in [-0.2, -0.15) is 0 Å². The van der Waals surface area contributed by atoms with Crippen LogP contribution in [0.4, 0.5) is 5.69 Å². The van der Waals surface area contributed by atoms with E-state index in [4.69, 9.17) is 70.2 Å². The third-order valence-electron chi connectivity index (χ3n) is 2.61. The van der Waals surface area contributed by atoms with E-state index in [9.17, 15) is 4.79 Å². The molecule has 2 aromatic rings. The lowest BCUT2D eigenvalue weighted by Gasteiger charge is -2.12. The first kappa shape index (κ1) is 18.6. The molecule has 0 aliphatic carbocycles. The van der Waals surface area contributed by atoms with Gasteiger partial charge in [0.1, 0.15) is 0 Å². The fourth-order valence-electron chi connectivity index (χ4n) is 1.63. The first-order valence-corrected chi connectivity index (χ1v) is 8.29. The summed E-state index contributed by atoms with van der Waals surface area (Å²) in [7, 11) is 0. The van der Waals surface area contributed by atoms with Crippen LogP contribution >= 0.6 is 70.2 Å². The molecule has 0 aromatic heterocycles. The van der Waals surface area contributed by atoms with Crippen molar-refractivity contribution in [1.82, 2.24) is 5.32 Å². The van der Waals surface area contributed by atoms with Gasteiger partial charge in [-0.05, 0) is 42.5 Å². The molecule has 0 heterocycles. The molecule has 0 unspecified atom stereocenters. The lowest BCUT2D eigenvalue weighted by Crippen LogP contribution is -2.34. The molecular weight excluding hydrogens is 421 g/mol. The lowest BCUT2D eigenvalue weighted by atomic mass is 10.2. The number of nitrogens with one attached hydrogen (secondary N) is 2. The van der Waals surface area contributed by atoms with Crippen molar-refractivity contribution in [1.29, 1.82) is 0 Å². The Bertz CT molecular complexity index is 777. The van der Waals surface area contributed by atoms with E-state index in [0.29, 0.717) is 30.8 Å². The van der Waals surface area contributed by atoms with Crippen LogP contribution in [0.2, 0.25) is 25.1 Å². The first-order valence-electron chi connectivity index (χ1n) is 5.99. The average Bonchev–Trinajstić information content (AvgIpc) is 2.43. The second-order valence-electron chi connectivity index (χ2n) is 4.31. The van der Waals surface area contributed by atoms with Gasteiger partial charge in [0.25, 0.3) is 5.91 Å². The van der Waals surface area contributed by atoms with Gasteiger partial charge in [-0.3, -0.25) is 10.1 Å². The third-order valence-corrected chi connectivity index (χ3v) is 4.29. The Hall–Kier alpha value is -0.750. The van der Waals surface area contributed by atoms with E-state index < -0.39 is 5.91 Å². The molecule has 0 saturated heterocycles. The Morgan fingerprint density at radius 2 is 1.39 bits per heavy atom. The number of amides is 1. The van der Waals surface area contributed by atoms with Gasteiger partial charge < -0.3 is 5.32 Å². The highest BCUT2D eigenvalue weighted by Gasteiger charge is 2.12. The smallest absolute Gasteiger partial charge is 0.257 e. The Balaban J connectivity index is 2.10. The summed E-state index contributed by atoms with van der Waals surface area (Å²) in [6, 6.07) is 7.43. The predicted octanol–water partition coefficient (Wildman–Crippen LogP) is 6.08. The van der Waals surface area contributed by atoms with Crippen LogP contribution in [0.25, 0.3) is 0 Å². The summed E-state index contributed by atoms with van der Waals surface area (Å²) in [6.45, 7) is 0.